The average Bonchev–Trinajstić information content (AvgIpc) is 2.52. The van der Waals surface area contributed by atoms with E-state index in [2.05, 4.69) is 56.0 Å². The third-order valence-corrected chi connectivity index (χ3v) is 4.36. The first-order chi connectivity index (χ1) is 11.3. The van der Waals surface area contributed by atoms with Crippen LogP contribution in [0.25, 0.3) is 0 Å². The molecule has 0 aromatic heterocycles. The zero-order valence-corrected chi connectivity index (χ0v) is 15.5. The lowest BCUT2D eigenvalue weighted by atomic mass is 9.89. The molecule has 132 valence electrons. The highest BCUT2D eigenvalue weighted by molar-refractivity contribution is 5.61. The molecular weight excluding hydrogens is 294 g/mol. The van der Waals surface area contributed by atoms with Gasteiger partial charge in [0.25, 0.3) is 0 Å². The van der Waals surface area contributed by atoms with Crippen molar-refractivity contribution in [2.24, 2.45) is 16.6 Å². The Kier molecular flexibility index (Phi) is 7.93. The number of nitrogens with zero attached hydrogens (tertiary/aromatic N) is 1. The van der Waals surface area contributed by atoms with Crippen LogP contribution in [0.1, 0.15) is 46.5 Å². The standard InChI is InChI=1S/C21H33N3/c1-7-9-20(10-8-2)13-14-23-18(5)21(22)15-16(3)11-12-17(4)24-19(21)6/h7,11-12,14-15,17,20,24H,1,5-6,8-10,13,22H2,2-4H3/b12-11-,16-15-,23-14?. The molecule has 1 aliphatic heterocycles. The molecular formula is C21H33N3. The summed E-state index contributed by atoms with van der Waals surface area (Å²) >= 11 is 0. The van der Waals surface area contributed by atoms with E-state index in [0.717, 1.165) is 24.1 Å². The van der Waals surface area contributed by atoms with Crippen LogP contribution in [0.3, 0.4) is 0 Å². The normalized spacial score (nSPS) is 29.1. The summed E-state index contributed by atoms with van der Waals surface area (Å²) in [5, 5.41) is 3.31. The number of hydrogen-bond acceptors (Lipinski definition) is 3. The Labute approximate surface area is 147 Å². The van der Waals surface area contributed by atoms with Gasteiger partial charge in [-0.2, -0.15) is 0 Å². The fraction of sp³-hybridized carbons (Fsp3) is 0.476. The van der Waals surface area contributed by atoms with Crippen LogP contribution in [-0.2, 0) is 0 Å². The Morgan fingerprint density at radius 1 is 1.50 bits per heavy atom. The van der Waals surface area contributed by atoms with Crippen LogP contribution in [0, 0.1) is 5.92 Å². The molecule has 0 saturated carbocycles. The van der Waals surface area contributed by atoms with Crippen LogP contribution in [0.15, 0.2) is 66.0 Å². The summed E-state index contributed by atoms with van der Waals surface area (Å²) in [6, 6.07) is 0.169. The summed E-state index contributed by atoms with van der Waals surface area (Å²) < 4.78 is 0. The molecule has 3 heteroatoms. The van der Waals surface area contributed by atoms with Crippen LogP contribution >= 0.6 is 0 Å². The van der Waals surface area contributed by atoms with Gasteiger partial charge in [-0.1, -0.05) is 56.7 Å². The van der Waals surface area contributed by atoms with Crippen molar-refractivity contribution in [1.29, 1.82) is 0 Å². The maximum Gasteiger partial charge on any atom is 0.116 e. The van der Waals surface area contributed by atoms with Gasteiger partial charge in [-0.05, 0) is 38.7 Å². The lowest BCUT2D eigenvalue weighted by molar-refractivity contribution is 0.506. The molecule has 0 amide bonds. The van der Waals surface area contributed by atoms with E-state index in [1.807, 2.05) is 25.3 Å². The molecule has 3 N–H and O–H groups in total. The minimum absolute atomic E-state index is 0.169. The zero-order valence-electron chi connectivity index (χ0n) is 15.5. The number of allylic oxidation sites excluding steroid dienone is 3. The molecule has 0 saturated heterocycles. The molecule has 0 aliphatic carbocycles. The Morgan fingerprint density at radius 3 is 2.83 bits per heavy atom. The van der Waals surface area contributed by atoms with E-state index in [0.29, 0.717) is 11.6 Å². The third-order valence-electron chi connectivity index (χ3n) is 4.36. The summed E-state index contributed by atoms with van der Waals surface area (Å²) in [4.78, 5) is 4.56. The van der Waals surface area contributed by atoms with Crippen molar-refractivity contribution < 1.29 is 0 Å². The topological polar surface area (TPSA) is 50.4 Å². The van der Waals surface area contributed by atoms with Crippen molar-refractivity contribution >= 4 is 6.21 Å². The van der Waals surface area contributed by atoms with Crippen molar-refractivity contribution in [3.8, 4) is 0 Å². The molecule has 1 heterocycles. The Hall–Kier alpha value is -1.87. The van der Waals surface area contributed by atoms with E-state index in [9.17, 15) is 0 Å². The maximum absolute atomic E-state index is 6.60. The summed E-state index contributed by atoms with van der Waals surface area (Å²) in [6.45, 7) is 18.4. The zero-order chi connectivity index (χ0) is 18.2. The highest BCUT2D eigenvalue weighted by Gasteiger charge is 2.31. The highest BCUT2D eigenvalue weighted by Crippen LogP contribution is 2.26. The third kappa shape index (κ3) is 5.64. The quantitative estimate of drug-likeness (QED) is 0.503. The van der Waals surface area contributed by atoms with Crippen LogP contribution in [0.5, 0.6) is 0 Å². The van der Waals surface area contributed by atoms with E-state index >= 15 is 0 Å². The van der Waals surface area contributed by atoms with Gasteiger partial charge in [0.2, 0.25) is 0 Å². The van der Waals surface area contributed by atoms with Gasteiger partial charge in [-0.3, -0.25) is 4.99 Å². The van der Waals surface area contributed by atoms with Gasteiger partial charge >= 0.3 is 0 Å². The van der Waals surface area contributed by atoms with Crippen molar-refractivity contribution in [1.82, 2.24) is 5.32 Å². The van der Waals surface area contributed by atoms with E-state index in [-0.39, 0.29) is 6.04 Å². The molecule has 3 unspecified atom stereocenters. The minimum atomic E-state index is -0.877. The molecule has 24 heavy (non-hydrogen) atoms. The number of nitrogens with one attached hydrogen (secondary N) is 1. The largest absolute Gasteiger partial charge is 0.381 e. The molecule has 0 fully saturated rings. The van der Waals surface area contributed by atoms with Gasteiger partial charge in [-0.15, -0.1) is 6.58 Å². The lowest BCUT2D eigenvalue weighted by Gasteiger charge is -2.32. The number of nitrogens with two attached hydrogens (primary N) is 1. The van der Waals surface area contributed by atoms with E-state index in [4.69, 9.17) is 5.73 Å². The fourth-order valence-corrected chi connectivity index (χ4v) is 2.88. The SMILES string of the molecule is C=CCC(CC=NC(=C)C1(N)/C=C(C)\C=C/C(C)NC1=C)CCC. The van der Waals surface area contributed by atoms with E-state index < -0.39 is 5.54 Å². The van der Waals surface area contributed by atoms with Gasteiger partial charge in [-0.25, -0.2) is 0 Å². The summed E-state index contributed by atoms with van der Waals surface area (Å²) in [7, 11) is 0. The molecule has 0 aromatic rings. The second-order valence-corrected chi connectivity index (χ2v) is 6.70. The van der Waals surface area contributed by atoms with Crippen LogP contribution < -0.4 is 11.1 Å². The van der Waals surface area contributed by atoms with Crippen LogP contribution in [0.4, 0.5) is 0 Å². The molecule has 0 bridgehead atoms. The van der Waals surface area contributed by atoms with Gasteiger partial charge in [0.15, 0.2) is 0 Å². The smallest absolute Gasteiger partial charge is 0.116 e. The minimum Gasteiger partial charge on any atom is -0.381 e. The predicted molar refractivity (Wildman–Crippen MR) is 107 cm³/mol. The molecule has 3 nitrogen and oxygen atoms in total. The molecule has 0 spiro atoms. The first kappa shape index (κ1) is 20.2. The van der Waals surface area contributed by atoms with Crippen molar-refractivity contribution in [2.45, 2.75) is 58.0 Å². The summed E-state index contributed by atoms with van der Waals surface area (Å²) in [6.07, 6.45) is 14.3. The number of hydrogen-bond donors (Lipinski definition) is 2. The van der Waals surface area contributed by atoms with Gasteiger partial charge in [0.05, 0.1) is 5.70 Å². The van der Waals surface area contributed by atoms with Gasteiger partial charge < -0.3 is 11.1 Å². The first-order valence-corrected chi connectivity index (χ1v) is 8.78. The van der Waals surface area contributed by atoms with E-state index in [1.54, 1.807) is 0 Å². The number of aliphatic imine (C=N–C) groups is 1. The van der Waals surface area contributed by atoms with Crippen LogP contribution in [-0.4, -0.2) is 17.8 Å². The first-order valence-electron chi connectivity index (χ1n) is 8.78. The Balaban J connectivity index is 2.89. The average molecular weight is 328 g/mol. The Bertz CT molecular complexity index is 553. The monoisotopic (exact) mass is 327 g/mol. The highest BCUT2D eigenvalue weighted by atomic mass is 15.0. The summed E-state index contributed by atoms with van der Waals surface area (Å²) in [5.74, 6) is 0.580. The van der Waals surface area contributed by atoms with E-state index in [1.165, 1.54) is 12.8 Å². The van der Waals surface area contributed by atoms with Crippen molar-refractivity contribution in [3.05, 3.63) is 61.0 Å². The predicted octanol–water partition coefficient (Wildman–Crippen LogP) is 4.66. The Morgan fingerprint density at radius 2 is 2.21 bits per heavy atom. The van der Waals surface area contributed by atoms with Crippen molar-refractivity contribution in [2.75, 3.05) is 0 Å². The second kappa shape index (κ2) is 9.43. The molecule has 1 aliphatic rings. The lowest BCUT2D eigenvalue weighted by Crippen LogP contribution is -2.48. The fourth-order valence-electron chi connectivity index (χ4n) is 2.88. The molecule has 3 atom stereocenters. The maximum atomic E-state index is 6.60. The van der Waals surface area contributed by atoms with Gasteiger partial charge in [0.1, 0.15) is 5.54 Å². The van der Waals surface area contributed by atoms with Crippen molar-refractivity contribution in [3.63, 3.8) is 0 Å². The van der Waals surface area contributed by atoms with Gasteiger partial charge in [0, 0.05) is 18.0 Å². The molecule has 0 radical (unpaired) electrons. The molecule has 1 rings (SSSR count). The van der Waals surface area contributed by atoms with Crippen LogP contribution in [0.2, 0.25) is 0 Å². The summed E-state index contributed by atoms with van der Waals surface area (Å²) in [5.41, 5.74) is 8.13. The number of rotatable bonds is 8. The molecule has 0 aromatic carbocycles. The second-order valence-electron chi connectivity index (χ2n) is 6.70.